The van der Waals surface area contributed by atoms with E-state index in [1.165, 1.54) is 18.6 Å². The van der Waals surface area contributed by atoms with E-state index in [4.69, 9.17) is 0 Å². The molecule has 1 aliphatic rings. The zero-order valence-corrected chi connectivity index (χ0v) is 12.2. The fraction of sp³-hybridized carbons (Fsp3) is 0.588. The number of alkyl halides is 3. The molecule has 0 saturated heterocycles. The van der Waals surface area contributed by atoms with Crippen LogP contribution in [-0.4, -0.2) is 5.78 Å². The number of hydrogen-bond donors (Lipinski definition) is 0. The van der Waals surface area contributed by atoms with E-state index < -0.39 is 11.7 Å². The first kappa shape index (κ1) is 16.1. The van der Waals surface area contributed by atoms with Gasteiger partial charge in [-0.05, 0) is 49.3 Å². The van der Waals surface area contributed by atoms with Crippen LogP contribution < -0.4 is 0 Å². The standard InChI is InChI=1S/C17H21F3O/c1-2-12-3-7-14(8-4-12)16(21)11-13-5-9-15(10-6-13)17(18,19)20/h5-6,9-10,12,14H,2-4,7-8,11H2,1H3. The zero-order chi connectivity index (χ0) is 15.5. The lowest BCUT2D eigenvalue weighted by molar-refractivity contribution is -0.137. The van der Waals surface area contributed by atoms with Crippen molar-refractivity contribution in [2.24, 2.45) is 11.8 Å². The Kier molecular flexibility index (Phi) is 5.07. The second-order valence-corrected chi connectivity index (χ2v) is 5.96. The fourth-order valence-electron chi connectivity index (χ4n) is 3.05. The van der Waals surface area contributed by atoms with Gasteiger partial charge in [-0.3, -0.25) is 4.79 Å². The SMILES string of the molecule is CCC1CCC(C(=O)Cc2ccc(C(F)(F)F)cc2)CC1. The van der Waals surface area contributed by atoms with E-state index in [-0.39, 0.29) is 18.1 Å². The van der Waals surface area contributed by atoms with Crippen molar-refractivity contribution < 1.29 is 18.0 Å². The van der Waals surface area contributed by atoms with E-state index in [2.05, 4.69) is 6.92 Å². The lowest BCUT2D eigenvalue weighted by Gasteiger charge is -2.26. The van der Waals surface area contributed by atoms with Gasteiger partial charge in [0.2, 0.25) is 0 Å². The molecule has 0 amide bonds. The smallest absolute Gasteiger partial charge is 0.299 e. The summed E-state index contributed by atoms with van der Waals surface area (Å²) < 4.78 is 37.4. The minimum atomic E-state index is -4.32. The van der Waals surface area contributed by atoms with Gasteiger partial charge in [-0.2, -0.15) is 13.2 Å². The number of hydrogen-bond acceptors (Lipinski definition) is 1. The molecule has 0 heterocycles. The van der Waals surface area contributed by atoms with Gasteiger partial charge in [0.05, 0.1) is 5.56 Å². The third kappa shape index (κ3) is 4.32. The first-order chi connectivity index (χ1) is 9.90. The average Bonchev–Trinajstić information content (AvgIpc) is 2.47. The Morgan fingerprint density at radius 3 is 2.14 bits per heavy atom. The number of ketones is 1. The van der Waals surface area contributed by atoms with E-state index in [0.717, 1.165) is 43.7 Å². The first-order valence-electron chi connectivity index (χ1n) is 7.59. The second kappa shape index (κ2) is 6.63. The number of carbonyl (C=O) groups is 1. The highest BCUT2D eigenvalue weighted by Gasteiger charge is 2.30. The molecule has 4 heteroatoms. The van der Waals surface area contributed by atoms with Crippen molar-refractivity contribution in [3.63, 3.8) is 0 Å². The molecule has 1 fully saturated rings. The molecule has 0 aromatic heterocycles. The van der Waals surface area contributed by atoms with Gasteiger partial charge in [-0.1, -0.05) is 25.5 Å². The molecule has 2 rings (SSSR count). The summed E-state index contributed by atoms with van der Waals surface area (Å²) in [6.07, 6.45) is 1.15. The monoisotopic (exact) mass is 298 g/mol. The van der Waals surface area contributed by atoms with Crippen molar-refractivity contribution in [2.75, 3.05) is 0 Å². The summed E-state index contributed by atoms with van der Waals surface area (Å²) in [5, 5.41) is 0. The number of benzene rings is 1. The van der Waals surface area contributed by atoms with Crippen LogP contribution in [0.1, 0.15) is 50.2 Å². The lowest BCUT2D eigenvalue weighted by atomic mass is 9.78. The molecule has 1 saturated carbocycles. The maximum atomic E-state index is 12.5. The maximum Gasteiger partial charge on any atom is 0.416 e. The van der Waals surface area contributed by atoms with Crippen LogP contribution in [0.4, 0.5) is 13.2 Å². The van der Waals surface area contributed by atoms with Gasteiger partial charge in [0.25, 0.3) is 0 Å². The molecule has 21 heavy (non-hydrogen) atoms. The van der Waals surface area contributed by atoms with Gasteiger partial charge in [0, 0.05) is 12.3 Å². The van der Waals surface area contributed by atoms with Crippen molar-refractivity contribution in [2.45, 2.75) is 51.6 Å². The van der Waals surface area contributed by atoms with Crippen LogP contribution in [0.5, 0.6) is 0 Å². The van der Waals surface area contributed by atoms with Gasteiger partial charge in [0.15, 0.2) is 0 Å². The molecule has 0 N–H and O–H groups in total. The Balaban J connectivity index is 1.91. The predicted octanol–water partition coefficient (Wildman–Crippen LogP) is 5.03. The summed E-state index contributed by atoms with van der Waals surface area (Å²) in [7, 11) is 0. The minimum Gasteiger partial charge on any atom is -0.299 e. The fourth-order valence-corrected chi connectivity index (χ4v) is 3.05. The van der Waals surface area contributed by atoms with E-state index >= 15 is 0 Å². The van der Waals surface area contributed by atoms with E-state index in [1.807, 2.05) is 0 Å². The Morgan fingerprint density at radius 1 is 1.10 bits per heavy atom. The summed E-state index contributed by atoms with van der Waals surface area (Å²) in [5.41, 5.74) is 0.00719. The second-order valence-electron chi connectivity index (χ2n) is 5.96. The van der Waals surface area contributed by atoms with Crippen LogP contribution in [0, 0.1) is 11.8 Å². The molecule has 0 unspecified atom stereocenters. The van der Waals surface area contributed by atoms with Crippen LogP contribution >= 0.6 is 0 Å². The van der Waals surface area contributed by atoms with Crippen molar-refractivity contribution in [1.29, 1.82) is 0 Å². The van der Waals surface area contributed by atoms with E-state index in [9.17, 15) is 18.0 Å². The highest BCUT2D eigenvalue weighted by Crippen LogP contribution is 2.32. The van der Waals surface area contributed by atoms with Crippen LogP contribution in [0.2, 0.25) is 0 Å². The first-order valence-corrected chi connectivity index (χ1v) is 7.59. The summed E-state index contributed by atoms with van der Waals surface area (Å²) in [4.78, 5) is 12.2. The number of rotatable bonds is 4. The van der Waals surface area contributed by atoms with Crippen LogP contribution in [0.3, 0.4) is 0 Å². The topological polar surface area (TPSA) is 17.1 Å². The van der Waals surface area contributed by atoms with Crippen molar-refractivity contribution >= 4 is 5.78 Å². The van der Waals surface area contributed by atoms with Crippen molar-refractivity contribution in [3.05, 3.63) is 35.4 Å². The molecule has 0 spiro atoms. The molecule has 1 nitrogen and oxygen atoms in total. The van der Waals surface area contributed by atoms with Crippen LogP contribution in [0.15, 0.2) is 24.3 Å². The van der Waals surface area contributed by atoms with Crippen LogP contribution in [-0.2, 0) is 17.4 Å². The Morgan fingerprint density at radius 2 is 1.67 bits per heavy atom. The van der Waals surface area contributed by atoms with Crippen molar-refractivity contribution in [1.82, 2.24) is 0 Å². The average molecular weight is 298 g/mol. The molecule has 0 radical (unpaired) electrons. The molecule has 1 aromatic rings. The highest BCUT2D eigenvalue weighted by molar-refractivity contribution is 5.83. The van der Waals surface area contributed by atoms with Gasteiger partial charge in [-0.25, -0.2) is 0 Å². The number of carbonyl (C=O) groups excluding carboxylic acids is 1. The molecule has 0 aliphatic heterocycles. The maximum absolute atomic E-state index is 12.5. The molecule has 0 atom stereocenters. The van der Waals surface area contributed by atoms with Crippen LogP contribution in [0.25, 0.3) is 0 Å². The minimum absolute atomic E-state index is 0.0927. The quantitative estimate of drug-likeness (QED) is 0.761. The summed E-state index contributed by atoms with van der Waals surface area (Å²) in [5.74, 6) is 1.000. The Labute approximate surface area is 123 Å². The Bertz CT molecular complexity index is 468. The third-order valence-electron chi connectivity index (χ3n) is 4.54. The predicted molar refractivity (Wildman–Crippen MR) is 75.9 cm³/mol. The molecule has 1 aromatic carbocycles. The number of Topliss-reactive ketones (excluding diaryl/α,β-unsaturated/α-hetero) is 1. The molecule has 116 valence electrons. The normalized spacial score (nSPS) is 23.0. The molecular weight excluding hydrogens is 277 g/mol. The summed E-state index contributed by atoms with van der Waals surface area (Å²) in [6, 6.07) is 4.93. The van der Waals surface area contributed by atoms with Crippen molar-refractivity contribution in [3.8, 4) is 0 Å². The third-order valence-corrected chi connectivity index (χ3v) is 4.54. The van der Waals surface area contributed by atoms with Gasteiger partial charge < -0.3 is 0 Å². The largest absolute Gasteiger partial charge is 0.416 e. The lowest BCUT2D eigenvalue weighted by Crippen LogP contribution is -2.23. The van der Waals surface area contributed by atoms with E-state index in [1.54, 1.807) is 0 Å². The van der Waals surface area contributed by atoms with Gasteiger partial charge in [0.1, 0.15) is 5.78 Å². The van der Waals surface area contributed by atoms with Gasteiger partial charge in [-0.15, -0.1) is 0 Å². The zero-order valence-electron chi connectivity index (χ0n) is 12.2. The Hall–Kier alpha value is -1.32. The molecular formula is C17H21F3O. The van der Waals surface area contributed by atoms with Gasteiger partial charge >= 0.3 is 6.18 Å². The van der Waals surface area contributed by atoms with E-state index in [0.29, 0.717) is 5.56 Å². The highest BCUT2D eigenvalue weighted by atomic mass is 19.4. The number of halogens is 3. The molecule has 1 aliphatic carbocycles. The summed E-state index contributed by atoms with van der Waals surface area (Å²) >= 11 is 0. The summed E-state index contributed by atoms with van der Waals surface area (Å²) in [6.45, 7) is 2.18. The molecule has 0 bridgehead atoms.